The highest BCUT2D eigenvalue weighted by atomic mass is 19.1. The summed E-state index contributed by atoms with van der Waals surface area (Å²) < 4.78 is 18.8. The van der Waals surface area contributed by atoms with Crippen LogP contribution in [0.3, 0.4) is 0 Å². The highest BCUT2D eigenvalue weighted by Gasteiger charge is 2.11. The predicted molar refractivity (Wildman–Crippen MR) is 75.3 cm³/mol. The second-order valence-electron chi connectivity index (χ2n) is 4.52. The Balaban J connectivity index is 2.04. The van der Waals surface area contributed by atoms with Crippen LogP contribution >= 0.6 is 0 Å². The molecule has 2 rings (SSSR count). The van der Waals surface area contributed by atoms with Crippen LogP contribution < -0.4 is 10.1 Å². The lowest BCUT2D eigenvalue weighted by Gasteiger charge is -2.08. The van der Waals surface area contributed by atoms with Crippen LogP contribution in [0.1, 0.15) is 21.5 Å². The van der Waals surface area contributed by atoms with Gasteiger partial charge in [-0.05, 0) is 42.3 Å². The van der Waals surface area contributed by atoms with Gasteiger partial charge in [0, 0.05) is 6.54 Å². The molecule has 0 saturated carbocycles. The van der Waals surface area contributed by atoms with E-state index in [9.17, 15) is 9.18 Å². The van der Waals surface area contributed by atoms with Crippen LogP contribution in [-0.2, 0) is 6.54 Å². The van der Waals surface area contributed by atoms with Crippen molar-refractivity contribution in [2.75, 3.05) is 7.11 Å². The number of nitrogens with one attached hydrogen (secondary N) is 1. The summed E-state index contributed by atoms with van der Waals surface area (Å²) in [7, 11) is 1.58. The van der Waals surface area contributed by atoms with Crippen molar-refractivity contribution in [3.63, 3.8) is 0 Å². The van der Waals surface area contributed by atoms with Crippen LogP contribution in [-0.4, -0.2) is 13.0 Å². The van der Waals surface area contributed by atoms with Gasteiger partial charge in [0.1, 0.15) is 11.6 Å². The van der Waals surface area contributed by atoms with E-state index in [-0.39, 0.29) is 5.56 Å². The summed E-state index contributed by atoms with van der Waals surface area (Å²) in [6.07, 6.45) is 0. The number of halogens is 1. The van der Waals surface area contributed by atoms with E-state index in [1.165, 1.54) is 12.1 Å². The first-order chi connectivity index (χ1) is 9.60. The maximum atomic E-state index is 13.7. The summed E-state index contributed by atoms with van der Waals surface area (Å²) in [5.74, 6) is -0.211. The van der Waals surface area contributed by atoms with Gasteiger partial charge in [-0.25, -0.2) is 4.39 Å². The number of ether oxygens (including phenoxy) is 1. The normalized spacial score (nSPS) is 10.2. The number of hydrogen-bond acceptors (Lipinski definition) is 2. The van der Waals surface area contributed by atoms with E-state index >= 15 is 0 Å². The van der Waals surface area contributed by atoms with Gasteiger partial charge in [-0.2, -0.15) is 0 Å². The molecule has 0 bridgehead atoms. The van der Waals surface area contributed by atoms with Gasteiger partial charge in [0.2, 0.25) is 0 Å². The molecule has 0 radical (unpaired) electrons. The van der Waals surface area contributed by atoms with Gasteiger partial charge in [-0.3, -0.25) is 4.79 Å². The zero-order valence-corrected chi connectivity index (χ0v) is 11.4. The van der Waals surface area contributed by atoms with Gasteiger partial charge in [0.25, 0.3) is 5.91 Å². The number of carbonyl (C=O) groups is 1. The summed E-state index contributed by atoms with van der Waals surface area (Å²) in [5.41, 5.74) is 1.73. The summed E-state index contributed by atoms with van der Waals surface area (Å²) >= 11 is 0. The molecular weight excluding hydrogens is 257 g/mol. The number of carbonyl (C=O) groups excluding carboxylic acids is 1. The number of rotatable bonds is 4. The summed E-state index contributed by atoms with van der Waals surface area (Å²) in [6, 6.07) is 11.9. The van der Waals surface area contributed by atoms with E-state index in [0.29, 0.717) is 6.54 Å². The molecule has 2 aromatic rings. The van der Waals surface area contributed by atoms with Gasteiger partial charge in [0.05, 0.1) is 12.7 Å². The fourth-order valence-corrected chi connectivity index (χ4v) is 1.86. The minimum absolute atomic E-state index is 0.0542. The summed E-state index contributed by atoms with van der Waals surface area (Å²) in [5, 5.41) is 2.69. The Morgan fingerprint density at radius 1 is 1.25 bits per heavy atom. The molecule has 0 aliphatic carbocycles. The molecule has 0 fully saturated rings. The van der Waals surface area contributed by atoms with Crippen LogP contribution in [0.15, 0.2) is 42.5 Å². The van der Waals surface area contributed by atoms with E-state index < -0.39 is 11.7 Å². The number of amides is 1. The molecule has 0 aliphatic heterocycles. The average molecular weight is 273 g/mol. The molecule has 0 aromatic heterocycles. The lowest BCUT2D eigenvalue weighted by Crippen LogP contribution is -2.23. The molecule has 0 spiro atoms. The Morgan fingerprint density at radius 2 is 2.05 bits per heavy atom. The van der Waals surface area contributed by atoms with E-state index in [0.717, 1.165) is 16.9 Å². The number of aryl methyl sites for hydroxylation is 1. The zero-order chi connectivity index (χ0) is 14.5. The van der Waals surface area contributed by atoms with E-state index in [1.54, 1.807) is 20.1 Å². The Kier molecular flexibility index (Phi) is 4.35. The SMILES string of the molecule is COc1cccc(CNC(=O)c2ccc(C)cc2F)c1. The highest BCUT2D eigenvalue weighted by Crippen LogP contribution is 2.13. The van der Waals surface area contributed by atoms with Gasteiger partial charge in [0.15, 0.2) is 0 Å². The third kappa shape index (κ3) is 3.35. The van der Waals surface area contributed by atoms with Gasteiger partial charge < -0.3 is 10.1 Å². The lowest BCUT2D eigenvalue weighted by atomic mass is 10.1. The second kappa shape index (κ2) is 6.19. The first-order valence-corrected chi connectivity index (χ1v) is 6.27. The van der Waals surface area contributed by atoms with Gasteiger partial charge in [-0.1, -0.05) is 18.2 Å². The van der Waals surface area contributed by atoms with Crippen molar-refractivity contribution in [3.05, 3.63) is 65.0 Å². The second-order valence-corrected chi connectivity index (χ2v) is 4.52. The third-order valence-corrected chi connectivity index (χ3v) is 2.96. The standard InChI is InChI=1S/C16H16FNO2/c1-11-6-7-14(15(17)8-11)16(19)18-10-12-4-3-5-13(9-12)20-2/h3-9H,10H2,1-2H3,(H,18,19). The maximum absolute atomic E-state index is 13.7. The molecule has 0 heterocycles. The van der Waals surface area contributed by atoms with Crippen molar-refractivity contribution in [2.24, 2.45) is 0 Å². The van der Waals surface area contributed by atoms with Crippen LogP contribution in [0.25, 0.3) is 0 Å². The summed E-state index contributed by atoms with van der Waals surface area (Å²) in [6.45, 7) is 2.10. The molecule has 0 saturated heterocycles. The van der Waals surface area contributed by atoms with Crippen molar-refractivity contribution >= 4 is 5.91 Å². The van der Waals surface area contributed by atoms with Crippen LogP contribution in [0.4, 0.5) is 4.39 Å². The fourth-order valence-electron chi connectivity index (χ4n) is 1.86. The van der Waals surface area contributed by atoms with Crippen molar-refractivity contribution in [1.29, 1.82) is 0 Å². The molecule has 1 amide bonds. The first kappa shape index (κ1) is 14.1. The van der Waals surface area contributed by atoms with Crippen molar-refractivity contribution in [1.82, 2.24) is 5.32 Å². The molecular formula is C16H16FNO2. The zero-order valence-electron chi connectivity index (χ0n) is 11.4. The number of methoxy groups -OCH3 is 1. The molecule has 3 nitrogen and oxygen atoms in total. The predicted octanol–water partition coefficient (Wildman–Crippen LogP) is 3.07. The molecule has 20 heavy (non-hydrogen) atoms. The third-order valence-electron chi connectivity index (χ3n) is 2.96. The van der Waals surface area contributed by atoms with Crippen molar-refractivity contribution in [2.45, 2.75) is 13.5 Å². The molecule has 4 heteroatoms. The Hall–Kier alpha value is -2.36. The smallest absolute Gasteiger partial charge is 0.254 e. The monoisotopic (exact) mass is 273 g/mol. The van der Waals surface area contributed by atoms with Crippen LogP contribution in [0.5, 0.6) is 5.75 Å². The lowest BCUT2D eigenvalue weighted by molar-refractivity contribution is 0.0947. The highest BCUT2D eigenvalue weighted by molar-refractivity contribution is 5.94. The Morgan fingerprint density at radius 3 is 2.75 bits per heavy atom. The largest absolute Gasteiger partial charge is 0.497 e. The number of benzene rings is 2. The van der Waals surface area contributed by atoms with E-state index in [4.69, 9.17) is 4.74 Å². The van der Waals surface area contributed by atoms with Gasteiger partial charge in [-0.15, -0.1) is 0 Å². The molecule has 0 aliphatic rings. The molecule has 0 atom stereocenters. The van der Waals surface area contributed by atoms with Crippen molar-refractivity contribution in [3.8, 4) is 5.75 Å². The van der Waals surface area contributed by atoms with E-state index in [2.05, 4.69) is 5.32 Å². The Labute approximate surface area is 117 Å². The van der Waals surface area contributed by atoms with Crippen molar-refractivity contribution < 1.29 is 13.9 Å². The fraction of sp³-hybridized carbons (Fsp3) is 0.188. The topological polar surface area (TPSA) is 38.3 Å². The summed E-state index contributed by atoms with van der Waals surface area (Å²) in [4.78, 5) is 11.9. The minimum atomic E-state index is -0.506. The first-order valence-electron chi connectivity index (χ1n) is 6.27. The maximum Gasteiger partial charge on any atom is 0.254 e. The van der Waals surface area contributed by atoms with Crippen LogP contribution in [0.2, 0.25) is 0 Å². The number of hydrogen-bond donors (Lipinski definition) is 1. The molecule has 0 unspecified atom stereocenters. The minimum Gasteiger partial charge on any atom is -0.497 e. The van der Waals surface area contributed by atoms with E-state index in [1.807, 2.05) is 24.3 Å². The molecule has 1 N–H and O–H groups in total. The molecule has 104 valence electrons. The van der Waals surface area contributed by atoms with Gasteiger partial charge >= 0.3 is 0 Å². The quantitative estimate of drug-likeness (QED) is 0.929. The average Bonchev–Trinajstić information content (AvgIpc) is 2.45. The Bertz CT molecular complexity index is 626. The molecule has 2 aromatic carbocycles. The van der Waals surface area contributed by atoms with Crippen LogP contribution in [0, 0.1) is 12.7 Å².